The van der Waals surface area contributed by atoms with Gasteiger partial charge in [0.1, 0.15) is 0 Å². The van der Waals surface area contributed by atoms with E-state index >= 15 is 0 Å². The molecule has 0 saturated carbocycles. The van der Waals surface area contributed by atoms with Gasteiger partial charge in [-0.1, -0.05) is 0 Å². The highest BCUT2D eigenvalue weighted by Gasteiger charge is 2.08. The average molecular weight is 251 g/mol. The Balaban J connectivity index is 1.81. The van der Waals surface area contributed by atoms with Crippen molar-refractivity contribution in [3.05, 3.63) is 18.4 Å². The minimum atomic E-state index is 0.308. The van der Waals surface area contributed by atoms with Gasteiger partial charge in [0.15, 0.2) is 5.76 Å². The number of methoxy groups -OCH3 is 1. The number of nitrogens with one attached hydrogen (secondary N) is 1. The van der Waals surface area contributed by atoms with Crippen LogP contribution in [0.2, 0.25) is 0 Å². The van der Waals surface area contributed by atoms with E-state index in [4.69, 9.17) is 9.15 Å². The van der Waals surface area contributed by atoms with E-state index in [1.807, 2.05) is 0 Å². The quantitative estimate of drug-likeness (QED) is 0.774. The number of nitrogens with zero attached hydrogens (tertiary/aromatic N) is 4. The molecule has 1 N–H and O–H groups in total. The molecule has 0 bridgehead atoms. The molecule has 2 aromatic rings. The summed E-state index contributed by atoms with van der Waals surface area (Å²) >= 11 is 0. The van der Waals surface area contributed by atoms with Crippen molar-refractivity contribution < 1.29 is 9.15 Å². The van der Waals surface area contributed by atoms with Gasteiger partial charge in [0.2, 0.25) is 5.82 Å². The van der Waals surface area contributed by atoms with Crippen molar-refractivity contribution in [2.24, 2.45) is 0 Å². The Morgan fingerprint density at radius 1 is 1.56 bits per heavy atom. The van der Waals surface area contributed by atoms with E-state index in [9.17, 15) is 0 Å². The molecule has 2 aromatic heterocycles. The van der Waals surface area contributed by atoms with Crippen LogP contribution in [0.3, 0.4) is 0 Å². The first kappa shape index (κ1) is 12.7. The van der Waals surface area contributed by atoms with Crippen LogP contribution >= 0.6 is 0 Å². The predicted octanol–water partition coefficient (Wildman–Crippen LogP) is 0.558. The van der Waals surface area contributed by atoms with E-state index in [-0.39, 0.29) is 0 Å². The Morgan fingerprint density at radius 3 is 3.17 bits per heavy atom. The fraction of sp³-hybridized carbons (Fsp3) is 0.545. The maximum absolute atomic E-state index is 5.20. The van der Waals surface area contributed by atoms with Crippen molar-refractivity contribution in [2.75, 3.05) is 20.3 Å². The fourth-order valence-corrected chi connectivity index (χ4v) is 1.56. The summed E-state index contributed by atoms with van der Waals surface area (Å²) in [5.41, 5.74) is 0. The molecule has 2 rings (SSSR count). The Labute approximate surface area is 105 Å². The van der Waals surface area contributed by atoms with Gasteiger partial charge in [-0.15, -0.1) is 10.2 Å². The summed E-state index contributed by atoms with van der Waals surface area (Å²) in [5, 5.41) is 15.4. The molecular formula is C11H17N5O2. The van der Waals surface area contributed by atoms with Gasteiger partial charge in [-0.3, -0.25) is 0 Å². The zero-order chi connectivity index (χ0) is 12.8. The van der Waals surface area contributed by atoms with E-state index in [0.717, 1.165) is 6.54 Å². The summed E-state index contributed by atoms with van der Waals surface area (Å²) in [6.45, 7) is 4.16. The molecule has 7 nitrogen and oxygen atoms in total. The maximum atomic E-state index is 5.20. The molecule has 0 saturated heterocycles. The standard InChI is InChI=1S/C11H17N5O2/c1-9(8-17-2)12-5-6-16-14-11(13-15-16)10-4-3-7-18-10/h3-4,7,9,12H,5-6,8H2,1-2H3. The van der Waals surface area contributed by atoms with Crippen molar-refractivity contribution in [3.8, 4) is 11.6 Å². The van der Waals surface area contributed by atoms with E-state index in [0.29, 0.717) is 30.8 Å². The summed E-state index contributed by atoms with van der Waals surface area (Å²) in [6.07, 6.45) is 1.59. The van der Waals surface area contributed by atoms with E-state index in [1.165, 1.54) is 0 Å². The van der Waals surface area contributed by atoms with Crippen LogP contribution in [0.4, 0.5) is 0 Å². The topological polar surface area (TPSA) is 78.0 Å². The number of ether oxygens (including phenoxy) is 1. The molecule has 2 heterocycles. The lowest BCUT2D eigenvalue weighted by atomic mass is 10.3. The molecule has 1 unspecified atom stereocenters. The van der Waals surface area contributed by atoms with E-state index in [2.05, 4.69) is 27.7 Å². The highest BCUT2D eigenvalue weighted by molar-refractivity contribution is 5.43. The lowest BCUT2D eigenvalue weighted by Crippen LogP contribution is -2.33. The molecule has 1 atom stereocenters. The first-order valence-electron chi connectivity index (χ1n) is 5.83. The van der Waals surface area contributed by atoms with Crippen molar-refractivity contribution >= 4 is 0 Å². The smallest absolute Gasteiger partial charge is 0.240 e. The third-order valence-corrected chi connectivity index (χ3v) is 2.42. The second-order valence-corrected chi connectivity index (χ2v) is 4.00. The molecule has 0 aromatic carbocycles. The lowest BCUT2D eigenvalue weighted by molar-refractivity contribution is 0.171. The normalized spacial score (nSPS) is 12.8. The van der Waals surface area contributed by atoms with Crippen LogP contribution in [0.1, 0.15) is 6.92 Å². The molecule has 0 aliphatic heterocycles. The van der Waals surface area contributed by atoms with Crippen LogP contribution in [0.15, 0.2) is 22.8 Å². The second-order valence-electron chi connectivity index (χ2n) is 4.00. The van der Waals surface area contributed by atoms with Gasteiger partial charge in [-0.25, -0.2) is 0 Å². The monoisotopic (exact) mass is 251 g/mol. The van der Waals surface area contributed by atoms with Gasteiger partial charge in [0.05, 0.1) is 19.4 Å². The first-order chi connectivity index (χ1) is 8.79. The van der Waals surface area contributed by atoms with Crippen LogP contribution < -0.4 is 5.32 Å². The van der Waals surface area contributed by atoms with Crippen LogP contribution in [0, 0.1) is 0 Å². The zero-order valence-electron chi connectivity index (χ0n) is 10.5. The van der Waals surface area contributed by atoms with Gasteiger partial charge in [0.25, 0.3) is 0 Å². The van der Waals surface area contributed by atoms with Gasteiger partial charge in [-0.05, 0) is 24.3 Å². The Bertz CT molecular complexity index is 454. The third-order valence-electron chi connectivity index (χ3n) is 2.42. The molecular weight excluding hydrogens is 234 g/mol. The third kappa shape index (κ3) is 3.38. The molecule has 0 aliphatic rings. The minimum Gasteiger partial charge on any atom is -0.461 e. The lowest BCUT2D eigenvalue weighted by Gasteiger charge is -2.11. The Kier molecular flexibility index (Phi) is 4.43. The van der Waals surface area contributed by atoms with Crippen LogP contribution in [-0.2, 0) is 11.3 Å². The molecule has 0 amide bonds. The average Bonchev–Trinajstić information content (AvgIpc) is 2.99. The van der Waals surface area contributed by atoms with Gasteiger partial charge in [0, 0.05) is 19.7 Å². The van der Waals surface area contributed by atoms with E-state index in [1.54, 1.807) is 30.3 Å². The van der Waals surface area contributed by atoms with Crippen molar-refractivity contribution in [1.82, 2.24) is 25.5 Å². The van der Waals surface area contributed by atoms with Crippen molar-refractivity contribution in [2.45, 2.75) is 19.5 Å². The largest absolute Gasteiger partial charge is 0.461 e. The second kappa shape index (κ2) is 6.27. The summed E-state index contributed by atoms with van der Waals surface area (Å²) in [7, 11) is 1.69. The summed E-state index contributed by atoms with van der Waals surface area (Å²) in [6, 6.07) is 3.91. The molecule has 7 heteroatoms. The highest BCUT2D eigenvalue weighted by Crippen LogP contribution is 2.12. The SMILES string of the molecule is COCC(C)NCCn1nnc(-c2ccco2)n1. The number of hydrogen-bond donors (Lipinski definition) is 1. The fourth-order valence-electron chi connectivity index (χ4n) is 1.56. The zero-order valence-corrected chi connectivity index (χ0v) is 10.5. The van der Waals surface area contributed by atoms with Crippen molar-refractivity contribution in [1.29, 1.82) is 0 Å². The maximum Gasteiger partial charge on any atom is 0.240 e. The predicted molar refractivity (Wildman–Crippen MR) is 64.9 cm³/mol. The van der Waals surface area contributed by atoms with E-state index < -0.39 is 0 Å². The van der Waals surface area contributed by atoms with Crippen molar-refractivity contribution in [3.63, 3.8) is 0 Å². The first-order valence-corrected chi connectivity index (χ1v) is 5.83. The summed E-state index contributed by atoms with van der Waals surface area (Å²) in [4.78, 5) is 1.55. The van der Waals surface area contributed by atoms with Crippen LogP contribution in [0.5, 0.6) is 0 Å². The number of furan rings is 1. The number of aromatic nitrogens is 4. The molecule has 0 spiro atoms. The molecule has 0 fully saturated rings. The minimum absolute atomic E-state index is 0.308. The highest BCUT2D eigenvalue weighted by atomic mass is 16.5. The molecule has 0 radical (unpaired) electrons. The summed E-state index contributed by atoms with van der Waals surface area (Å²) < 4.78 is 10.2. The number of hydrogen-bond acceptors (Lipinski definition) is 6. The molecule has 18 heavy (non-hydrogen) atoms. The number of rotatable bonds is 7. The van der Waals surface area contributed by atoms with Gasteiger partial charge >= 0.3 is 0 Å². The Morgan fingerprint density at radius 2 is 2.44 bits per heavy atom. The molecule has 0 aliphatic carbocycles. The summed E-state index contributed by atoms with van der Waals surface area (Å²) in [5.74, 6) is 1.13. The Hall–Kier alpha value is -1.73. The van der Waals surface area contributed by atoms with Crippen LogP contribution in [0.25, 0.3) is 11.6 Å². The number of tetrazole rings is 1. The molecule has 98 valence electrons. The van der Waals surface area contributed by atoms with Gasteiger partial charge < -0.3 is 14.5 Å². The van der Waals surface area contributed by atoms with Crippen LogP contribution in [-0.4, -0.2) is 46.5 Å². The van der Waals surface area contributed by atoms with Gasteiger partial charge in [-0.2, -0.15) is 4.80 Å².